The highest BCUT2D eigenvalue weighted by atomic mass is 19.3. The Hall–Kier alpha value is -0.770. The molecule has 3 rings (SSSR count). The van der Waals surface area contributed by atoms with Crippen molar-refractivity contribution in [1.29, 1.82) is 0 Å². The van der Waals surface area contributed by atoms with Gasteiger partial charge in [0.2, 0.25) is 0 Å². The molecule has 0 N–H and O–H groups in total. The van der Waals surface area contributed by atoms with Gasteiger partial charge in [-0.05, 0) is 0 Å². The Balaban J connectivity index is 2.82. The fraction of sp³-hybridized carbons (Fsp3) is 1.00. The maximum atomic E-state index is 13.4. The van der Waals surface area contributed by atoms with Crippen LogP contribution in [0.5, 0.6) is 0 Å². The molecule has 3 fully saturated rings. The number of hydrogen-bond acceptors (Lipinski definition) is 0. The van der Waals surface area contributed by atoms with Crippen LogP contribution in [0.3, 0.4) is 0 Å². The van der Waals surface area contributed by atoms with Crippen LogP contribution < -0.4 is 0 Å². The smallest absolute Gasteiger partial charge is 0.230 e. The van der Waals surface area contributed by atoms with E-state index in [9.17, 15) is 48.3 Å². The zero-order chi connectivity index (χ0) is 15.3. The van der Waals surface area contributed by atoms with Crippen LogP contribution in [-0.2, 0) is 0 Å². The first-order valence-corrected chi connectivity index (χ1v) is 4.65. The molecule has 11 heteroatoms. The minimum atomic E-state index is -6.34. The highest BCUT2D eigenvalue weighted by molar-refractivity contribution is 5.30. The van der Waals surface area contributed by atoms with E-state index in [1.54, 1.807) is 0 Å². The van der Waals surface area contributed by atoms with Crippen molar-refractivity contribution in [2.24, 2.45) is 5.92 Å². The van der Waals surface area contributed by atoms with Crippen LogP contribution in [0, 0.1) is 5.92 Å². The van der Waals surface area contributed by atoms with Crippen molar-refractivity contribution in [3.05, 3.63) is 0 Å². The van der Waals surface area contributed by atoms with Crippen LogP contribution in [0.1, 0.15) is 6.42 Å². The summed E-state index contributed by atoms with van der Waals surface area (Å²) in [6.45, 7) is 0. The third kappa shape index (κ3) is 1.14. The first-order chi connectivity index (χ1) is 8.07. The summed E-state index contributed by atoms with van der Waals surface area (Å²) in [5.74, 6) is -35.7. The van der Waals surface area contributed by atoms with Gasteiger partial charge in [0.05, 0.1) is 6.42 Å². The number of hydrogen-bond donors (Lipinski definition) is 0. The van der Waals surface area contributed by atoms with E-state index in [1.165, 1.54) is 0 Å². The van der Waals surface area contributed by atoms with Gasteiger partial charge in [-0.15, -0.1) is 0 Å². The van der Waals surface area contributed by atoms with E-state index in [1.807, 2.05) is 0 Å². The Morgan fingerprint density at radius 3 is 1.21 bits per heavy atom. The van der Waals surface area contributed by atoms with Crippen molar-refractivity contribution in [1.82, 2.24) is 0 Å². The van der Waals surface area contributed by atoms with Crippen molar-refractivity contribution in [2.75, 3.05) is 0 Å². The molecule has 0 nitrogen and oxygen atoms in total. The molecule has 0 unspecified atom stereocenters. The van der Waals surface area contributed by atoms with Gasteiger partial charge in [0.15, 0.2) is 5.92 Å². The Morgan fingerprint density at radius 1 is 0.579 bits per heavy atom. The van der Waals surface area contributed by atoms with E-state index >= 15 is 0 Å². The van der Waals surface area contributed by atoms with Gasteiger partial charge in [0, 0.05) is 0 Å². The molecule has 0 amide bonds. The van der Waals surface area contributed by atoms with Crippen LogP contribution in [0.2, 0.25) is 0 Å². The summed E-state index contributed by atoms with van der Waals surface area (Å²) in [6.07, 6.45) is -3.10. The van der Waals surface area contributed by atoms with Crippen LogP contribution in [0.25, 0.3) is 0 Å². The summed E-state index contributed by atoms with van der Waals surface area (Å²) in [7, 11) is 0. The van der Waals surface area contributed by atoms with Gasteiger partial charge >= 0.3 is 23.7 Å². The standard InChI is InChI=1S/C8H3F11/c9-3(10)1-4(11)7(16,17)5(12,13)2(3)6(14,15)8(4,18)19/h2H,1H2. The fourth-order valence-electron chi connectivity index (χ4n) is 2.50. The largest absolute Gasteiger partial charge is 0.350 e. The van der Waals surface area contributed by atoms with E-state index in [0.717, 1.165) is 0 Å². The highest BCUT2D eigenvalue weighted by Gasteiger charge is 3.01. The summed E-state index contributed by atoms with van der Waals surface area (Å²) in [5, 5.41) is 0. The number of halogens is 11. The molecule has 3 saturated carbocycles. The Kier molecular flexibility index (Phi) is 2.27. The third-order valence-electron chi connectivity index (χ3n) is 3.46. The molecule has 2 bridgehead atoms. The summed E-state index contributed by atoms with van der Waals surface area (Å²) < 4.78 is 143. The first-order valence-electron chi connectivity index (χ1n) is 4.65. The van der Waals surface area contributed by atoms with Crippen LogP contribution in [0.15, 0.2) is 0 Å². The third-order valence-corrected chi connectivity index (χ3v) is 3.46. The van der Waals surface area contributed by atoms with Crippen LogP contribution in [-0.4, -0.2) is 35.3 Å². The Morgan fingerprint density at radius 2 is 0.895 bits per heavy atom. The van der Waals surface area contributed by atoms with Gasteiger partial charge in [-0.3, -0.25) is 0 Å². The topological polar surface area (TPSA) is 0 Å². The second-order valence-corrected chi connectivity index (χ2v) is 4.57. The number of rotatable bonds is 0. The van der Waals surface area contributed by atoms with Crippen molar-refractivity contribution < 1.29 is 48.3 Å². The molecule has 0 spiro atoms. The first kappa shape index (κ1) is 14.6. The zero-order valence-electron chi connectivity index (χ0n) is 8.44. The molecular weight excluding hydrogens is 305 g/mol. The summed E-state index contributed by atoms with van der Waals surface area (Å²) in [6, 6.07) is 0. The predicted molar refractivity (Wildman–Crippen MR) is 36.7 cm³/mol. The van der Waals surface area contributed by atoms with Gasteiger partial charge in [0.25, 0.3) is 11.6 Å². The molecule has 112 valence electrons. The molecule has 0 saturated heterocycles. The normalized spacial score (nSPS) is 44.1. The molecule has 0 aromatic rings. The van der Waals surface area contributed by atoms with Crippen molar-refractivity contribution in [3.63, 3.8) is 0 Å². The quantitative estimate of drug-likeness (QED) is 0.595. The molecule has 3 aliphatic rings. The van der Waals surface area contributed by atoms with Gasteiger partial charge in [-0.2, -0.15) is 35.1 Å². The Labute approximate surface area is 97.1 Å². The van der Waals surface area contributed by atoms with Gasteiger partial charge in [0.1, 0.15) is 0 Å². The van der Waals surface area contributed by atoms with Crippen molar-refractivity contribution >= 4 is 0 Å². The second kappa shape index (κ2) is 2.95. The molecule has 0 radical (unpaired) electrons. The van der Waals surface area contributed by atoms with Gasteiger partial charge in [-0.25, -0.2) is 13.2 Å². The maximum absolute atomic E-state index is 13.4. The van der Waals surface area contributed by atoms with E-state index < -0.39 is 47.6 Å². The monoisotopic (exact) mass is 308 g/mol. The summed E-state index contributed by atoms with van der Waals surface area (Å²) in [5.41, 5.74) is -6.04. The number of fused-ring (bicyclic) bond motifs is 3. The van der Waals surface area contributed by atoms with E-state index in [0.29, 0.717) is 0 Å². The van der Waals surface area contributed by atoms with Gasteiger partial charge < -0.3 is 0 Å². The number of alkyl halides is 11. The van der Waals surface area contributed by atoms with Crippen LogP contribution >= 0.6 is 0 Å². The molecule has 0 heterocycles. The van der Waals surface area contributed by atoms with Crippen LogP contribution in [0.4, 0.5) is 48.3 Å². The molecule has 0 aromatic heterocycles. The molecule has 0 aliphatic heterocycles. The van der Waals surface area contributed by atoms with Crippen molar-refractivity contribution in [3.8, 4) is 0 Å². The fourth-order valence-corrected chi connectivity index (χ4v) is 2.50. The minimum absolute atomic E-state index is 3.10. The maximum Gasteiger partial charge on any atom is 0.350 e. The SMILES string of the molecule is FC1(F)CC2(F)C(F)(F)C(F)(F)C1C(F)(F)C2(F)F. The second-order valence-electron chi connectivity index (χ2n) is 4.57. The average molecular weight is 308 g/mol. The average Bonchev–Trinajstić information content (AvgIpc) is 2.10. The summed E-state index contributed by atoms with van der Waals surface area (Å²) >= 11 is 0. The highest BCUT2D eigenvalue weighted by Crippen LogP contribution is 2.75. The van der Waals surface area contributed by atoms with E-state index in [-0.39, 0.29) is 0 Å². The lowest BCUT2D eigenvalue weighted by Crippen LogP contribution is -2.86. The molecule has 0 atom stereocenters. The van der Waals surface area contributed by atoms with Crippen molar-refractivity contribution in [2.45, 2.75) is 41.7 Å². The minimum Gasteiger partial charge on any atom is -0.230 e. The van der Waals surface area contributed by atoms with Gasteiger partial charge in [-0.1, -0.05) is 0 Å². The zero-order valence-corrected chi connectivity index (χ0v) is 8.44. The summed E-state index contributed by atoms with van der Waals surface area (Å²) in [4.78, 5) is 0. The van der Waals surface area contributed by atoms with E-state index in [2.05, 4.69) is 0 Å². The lowest BCUT2D eigenvalue weighted by Gasteiger charge is -2.59. The lowest BCUT2D eigenvalue weighted by molar-refractivity contribution is -0.491. The molecule has 19 heavy (non-hydrogen) atoms. The molecule has 3 aliphatic carbocycles. The molecular formula is C8H3F11. The molecule has 0 aromatic carbocycles. The van der Waals surface area contributed by atoms with E-state index in [4.69, 9.17) is 0 Å². The Bertz CT molecular complexity index is 394. The lowest BCUT2D eigenvalue weighted by atomic mass is 9.57. The predicted octanol–water partition coefficient (Wildman–Crippen LogP) is 3.90.